The number of carbonyl (C=O) groups is 2. The topological polar surface area (TPSA) is 74.6 Å². The molecule has 0 aliphatic heterocycles. The van der Waals surface area contributed by atoms with E-state index in [0.29, 0.717) is 21.8 Å². The number of hydrogen-bond donors (Lipinski definition) is 3. The third-order valence-corrected chi connectivity index (χ3v) is 5.95. The monoisotopic (exact) mass is 440 g/mol. The minimum atomic E-state index is -1.15. The molecule has 0 aliphatic rings. The second-order valence-electron chi connectivity index (χ2n) is 5.60. The Bertz CT molecular complexity index is 817. The van der Waals surface area contributed by atoms with Gasteiger partial charge in [-0.3, -0.25) is 0 Å². The maximum atomic E-state index is 12.0. The molecule has 2 N–H and O–H groups in total. The van der Waals surface area contributed by atoms with Crippen LogP contribution < -0.4 is 0 Å². The fourth-order valence-electron chi connectivity index (χ4n) is 2.48. The van der Waals surface area contributed by atoms with Gasteiger partial charge in [0.2, 0.25) is 0 Å². The predicted molar refractivity (Wildman–Crippen MR) is 107 cm³/mol. The van der Waals surface area contributed by atoms with Gasteiger partial charge in [0.05, 0.1) is 11.1 Å². The van der Waals surface area contributed by atoms with Crippen molar-refractivity contribution in [2.75, 3.05) is 5.75 Å². The number of aromatic carboxylic acids is 2. The summed E-state index contributed by atoms with van der Waals surface area (Å²) in [6.07, 6.45) is 0. The minimum Gasteiger partial charge on any atom is -0.478 e. The molecule has 1 unspecified atom stereocenters. The second-order valence-corrected chi connectivity index (χ2v) is 8.42. The summed E-state index contributed by atoms with van der Waals surface area (Å²) in [5, 5.41) is 19.5. The number of aryl methyl sites for hydroxylation is 1. The van der Waals surface area contributed by atoms with Crippen LogP contribution in [0.2, 0.25) is 0 Å². The van der Waals surface area contributed by atoms with Crippen molar-refractivity contribution < 1.29 is 19.8 Å². The van der Waals surface area contributed by atoms with Crippen LogP contribution in [0, 0.1) is 6.92 Å². The Balaban J connectivity index is 2.80. The van der Waals surface area contributed by atoms with Crippen molar-refractivity contribution in [2.45, 2.75) is 24.0 Å². The number of hydrogen-bond acceptors (Lipinski definition) is 4. The van der Waals surface area contributed by atoms with Gasteiger partial charge in [-0.15, -0.1) is 11.8 Å². The van der Waals surface area contributed by atoms with Gasteiger partial charge < -0.3 is 10.2 Å². The van der Waals surface area contributed by atoms with Crippen molar-refractivity contribution in [1.82, 2.24) is 0 Å². The molecule has 0 saturated carbocycles. The molecule has 0 fully saturated rings. The molecule has 0 spiro atoms. The molecule has 0 aliphatic carbocycles. The fraction of sp³-hybridized carbons (Fsp3) is 0.222. The Hall–Kier alpha value is -1.44. The number of halogens is 1. The maximum absolute atomic E-state index is 12.0. The summed E-state index contributed by atoms with van der Waals surface area (Å²) in [6, 6.07) is 8.48. The molecular formula is C18H17BrO4S2. The quantitative estimate of drug-likeness (QED) is 0.423. The van der Waals surface area contributed by atoms with Gasteiger partial charge in [0.1, 0.15) is 0 Å². The smallest absolute Gasteiger partial charge is 0.337 e. The third kappa shape index (κ3) is 4.59. The van der Waals surface area contributed by atoms with E-state index in [1.165, 1.54) is 17.8 Å². The van der Waals surface area contributed by atoms with Gasteiger partial charge in [-0.05, 0) is 36.2 Å². The predicted octanol–water partition coefficient (Wildman–Crippen LogP) is 5.23. The summed E-state index contributed by atoms with van der Waals surface area (Å²) in [7, 11) is 0. The minimum absolute atomic E-state index is 0.0134. The van der Waals surface area contributed by atoms with E-state index in [4.69, 9.17) is 0 Å². The Morgan fingerprint density at radius 1 is 1.20 bits per heavy atom. The average Bonchev–Trinajstić information content (AvgIpc) is 2.53. The molecule has 0 bridgehead atoms. The zero-order valence-corrected chi connectivity index (χ0v) is 16.9. The highest BCUT2D eigenvalue weighted by molar-refractivity contribution is 9.10. The fourth-order valence-corrected chi connectivity index (χ4v) is 3.99. The molecule has 0 heterocycles. The standard InChI is InChI=1S/C18H17BrO4S2/c1-9-7-13(17(20)21)14(11-3-5-12(19)6-4-11)15(18(22)23)16(9)25-8-10(2)24/h3-7,10,24H,8H2,1-2H3,(H,20,21)(H,22,23). The molecule has 4 nitrogen and oxygen atoms in total. The molecule has 1 atom stereocenters. The molecule has 25 heavy (non-hydrogen) atoms. The van der Waals surface area contributed by atoms with Crippen LogP contribution in [0.5, 0.6) is 0 Å². The zero-order valence-electron chi connectivity index (χ0n) is 13.6. The van der Waals surface area contributed by atoms with E-state index in [2.05, 4.69) is 28.6 Å². The van der Waals surface area contributed by atoms with Gasteiger partial charge in [-0.2, -0.15) is 12.6 Å². The number of thiol groups is 1. The number of carboxylic acid groups (broad SMARTS) is 2. The summed E-state index contributed by atoms with van der Waals surface area (Å²) in [4.78, 5) is 24.3. The molecular weight excluding hydrogens is 424 g/mol. The molecule has 2 aromatic carbocycles. The highest BCUT2D eigenvalue weighted by atomic mass is 79.9. The van der Waals surface area contributed by atoms with E-state index < -0.39 is 11.9 Å². The number of rotatable bonds is 6. The van der Waals surface area contributed by atoms with Crippen LogP contribution in [-0.2, 0) is 0 Å². The molecule has 0 amide bonds. The average molecular weight is 441 g/mol. The Kier molecular flexibility index (Phi) is 6.59. The van der Waals surface area contributed by atoms with E-state index >= 15 is 0 Å². The molecule has 2 rings (SSSR count). The van der Waals surface area contributed by atoms with Crippen molar-refractivity contribution in [3.8, 4) is 11.1 Å². The lowest BCUT2D eigenvalue weighted by molar-refractivity contribution is 0.0693. The summed E-state index contributed by atoms with van der Waals surface area (Å²) >= 11 is 9.06. The SMILES string of the molecule is Cc1cc(C(=O)O)c(-c2ccc(Br)cc2)c(C(=O)O)c1SCC(C)S. The van der Waals surface area contributed by atoms with Crippen LogP contribution in [0.15, 0.2) is 39.7 Å². The molecule has 0 aromatic heterocycles. The van der Waals surface area contributed by atoms with Gasteiger partial charge in [0, 0.05) is 25.9 Å². The first kappa shape index (κ1) is 19.9. The van der Waals surface area contributed by atoms with Gasteiger partial charge in [0.25, 0.3) is 0 Å². The van der Waals surface area contributed by atoms with E-state index in [1.807, 2.05) is 6.92 Å². The highest BCUT2D eigenvalue weighted by Crippen LogP contribution is 2.38. The van der Waals surface area contributed by atoms with Crippen LogP contribution in [0.4, 0.5) is 0 Å². The Morgan fingerprint density at radius 3 is 2.28 bits per heavy atom. The van der Waals surface area contributed by atoms with Gasteiger partial charge in [0.15, 0.2) is 0 Å². The van der Waals surface area contributed by atoms with Gasteiger partial charge in [-0.25, -0.2) is 9.59 Å². The van der Waals surface area contributed by atoms with Crippen molar-refractivity contribution in [3.63, 3.8) is 0 Å². The lowest BCUT2D eigenvalue weighted by atomic mass is 9.92. The van der Waals surface area contributed by atoms with Crippen molar-refractivity contribution in [3.05, 3.63) is 51.5 Å². The second kappa shape index (κ2) is 8.29. The molecule has 0 saturated heterocycles. The zero-order chi connectivity index (χ0) is 18.7. The summed E-state index contributed by atoms with van der Waals surface area (Å²) in [5.41, 5.74) is 1.43. The summed E-state index contributed by atoms with van der Waals surface area (Å²) in [5.74, 6) is -1.67. The van der Waals surface area contributed by atoms with E-state index in [0.717, 1.165) is 4.47 Å². The van der Waals surface area contributed by atoms with E-state index in [9.17, 15) is 19.8 Å². The van der Waals surface area contributed by atoms with Crippen LogP contribution >= 0.6 is 40.3 Å². The number of carboxylic acids is 2. The number of thioether (sulfide) groups is 1. The summed E-state index contributed by atoms with van der Waals surface area (Å²) < 4.78 is 0.829. The first-order valence-electron chi connectivity index (χ1n) is 7.43. The lowest BCUT2D eigenvalue weighted by Gasteiger charge is -2.18. The molecule has 132 valence electrons. The first-order chi connectivity index (χ1) is 11.7. The molecule has 7 heteroatoms. The largest absolute Gasteiger partial charge is 0.478 e. The van der Waals surface area contributed by atoms with Gasteiger partial charge >= 0.3 is 11.9 Å². The van der Waals surface area contributed by atoms with E-state index in [-0.39, 0.29) is 21.9 Å². The van der Waals surface area contributed by atoms with Crippen LogP contribution in [0.25, 0.3) is 11.1 Å². The first-order valence-corrected chi connectivity index (χ1v) is 9.72. The van der Waals surface area contributed by atoms with Crippen molar-refractivity contribution >= 4 is 52.3 Å². The number of benzene rings is 2. The third-order valence-electron chi connectivity index (χ3n) is 3.51. The normalized spacial score (nSPS) is 12.0. The van der Waals surface area contributed by atoms with Crippen LogP contribution in [-0.4, -0.2) is 33.2 Å². The molecule has 0 radical (unpaired) electrons. The Morgan fingerprint density at radius 2 is 1.80 bits per heavy atom. The van der Waals surface area contributed by atoms with Crippen LogP contribution in [0.3, 0.4) is 0 Å². The van der Waals surface area contributed by atoms with Crippen LogP contribution in [0.1, 0.15) is 33.2 Å². The lowest BCUT2D eigenvalue weighted by Crippen LogP contribution is -2.11. The molecule has 2 aromatic rings. The highest BCUT2D eigenvalue weighted by Gasteiger charge is 2.26. The van der Waals surface area contributed by atoms with Gasteiger partial charge in [-0.1, -0.05) is 35.0 Å². The van der Waals surface area contributed by atoms with E-state index in [1.54, 1.807) is 31.2 Å². The maximum Gasteiger partial charge on any atom is 0.337 e. The van der Waals surface area contributed by atoms with Crippen molar-refractivity contribution in [2.24, 2.45) is 0 Å². The summed E-state index contributed by atoms with van der Waals surface area (Å²) in [6.45, 7) is 3.66. The van der Waals surface area contributed by atoms with Crippen molar-refractivity contribution in [1.29, 1.82) is 0 Å². The Labute approximate surface area is 164 Å².